The molecule has 0 aliphatic carbocycles. The average Bonchev–Trinajstić information content (AvgIpc) is 2.53. The maximum atomic E-state index is 5.40. The van der Waals surface area contributed by atoms with E-state index < -0.39 is 0 Å². The van der Waals surface area contributed by atoms with E-state index in [2.05, 4.69) is 28.5 Å². The van der Waals surface area contributed by atoms with Crippen LogP contribution in [0.1, 0.15) is 5.56 Å². The predicted molar refractivity (Wildman–Crippen MR) is 92.0 cm³/mol. The molecule has 0 heterocycles. The van der Waals surface area contributed by atoms with Gasteiger partial charge in [-0.2, -0.15) is 5.10 Å². The van der Waals surface area contributed by atoms with Gasteiger partial charge in [-0.3, -0.25) is 5.43 Å². The number of rotatable bonds is 5. The van der Waals surface area contributed by atoms with E-state index in [9.17, 15) is 0 Å². The van der Waals surface area contributed by atoms with Crippen LogP contribution in [0.5, 0.6) is 5.75 Å². The van der Waals surface area contributed by atoms with Crippen LogP contribution in [0.4, 0.5) is 0 Å². The molecule has 2 N–H and O–H groups in total. The van der Waals surface area contributed by atoms with E-state index >= 15 is 0 Å². The summed E-state index contributed by atoms with van der Waals surface area (Å²) in [5.74, 6) is 0.768. The van der Waals surface area contributed by atoms with E-state index in [0.29, 0.717) is 11.7 Å². The van der Waals surface area contributed by atoms with Crippen LogP contribution >= 0.6 is 12.2 Å². The molecule has 2 aromatic carbocycles. The van der Waals surface area contributed by atoms with Crippen molar-refractivity contribution >= 4 is 34.3 Å². The van der Waals surface area contributed by atoms with Gasteiger partial charge in [-0.05, 0) is 29.1 Å². The summed E-state index contributed by atoms with van der Waals surface area (Å²) < 4.78 is 5.40. The smallest absolute Gasteiger partial charge is 0.187 e. The van der Waals surface area contributed by atoms with Crippen molar-refractivity contribution in [2.24, 2.45) is 5.10 Å². The Balaban J connectivity index is 2.24. The van der Waals surface area contributed by atoms with E-state index in [4.69, 9.17) is 17.0 Å². The highest BCUT2D eigenvalue weighted by Gasteiger charge is 2.05. The molecular weight excluding hydrogens is 282 g/mol. The number of benzene rings is 2. The van der Waals surface area contributed by atoms with Crippen molar-refractivity contribution in [3.8, 4) is 5.75 Å². The quantitative estimate of drug-likeness (QED) is 0.386. The molecule has 0 bridgehead atoms. The van der Waals surface area contributed by atoms with Gasteiger partial charge in [0.2, 0.25) is 0 Å². The summed E-state index contributed by atoms with van der Waals surface area (Å²) in [5, 5.41) is 9.76. The lowest BCUT2D eigenvalue weighted by atomic mass is 10.0. The number of hydrogen-bond donors (Lipinski definition) is 2. The topological polar surface area (TPSA) is 45.7 Å². The Kier molecular flexibility index (Phi) is 5.29. The molecule has 0 saturated carbocycles. The fraction of sp³-hybridized carbons (Fsp3) is 0.125. The summed E-state index contributed by atoms with van der Waals surface area (Å²) in [7, 11) is 1.64. The second-order valence-corrected chi connectivity index (χ2v) is 4.68. The summed E-state index contributed by atoms with van der Waals surface area (Å²) in [4.78, 5) is 0. The lowest BCUT2D eigenvalue weighted by Gasteiger charge is -2.09. The van der Waals surface area contributed by atoms with E-state index in [1.165, 1.54) is 0 Å². The largest absolute Gasteiger partial charge is 0.496 e. The first kappa shape index (κ1) is 15.0. The minimum atomic E-state index is 0.449. The number of nitrogens with one attached hydrogen (secondary N) is 2. The number of methoxy groups -OCH3 is 1. The van der Waals surface area contributed by atoms with Gasteiger partial charge < -0.3 is 10.1 Å². The molecule has 4 nitrogen and oxygen atoms in total. The minimum Gasteiger partial charge on any atom is -0.496 e. The monoisotopic (exact) mass is 299 g/mol. The van der Waals surface area contributed by atoms with Crippen LogP contribution in [-0.2, 0) is 0 Å². The van der Waals surface area contributed by atoms with Crippen LogP contribution in [0.15, 0.2) is 54.2 Å². The highest BCUT2D eigenvalue weighted by molar-refractivity contribution is 7.80. The van der Waals surface area contributed by atoms with Gasteiger partial charge >= 0.3 is 0 Å². The van der Waals surface area contributed by atoms with Crippen molar-refractivity contribution in [2.45, 2.75) is 0 Å². The number of hydrogen-bond acceptors (Lipinski definition) is 3. The van der Waals surface area contributed by atoms with Gasteiger partial charge in [0, 0.05) is 12.1 Å². The molecule has 0 spiro atoms. The Morgan fingerprint density at radius 1 is 1.33 bits per heavy atom. The van der Waals surface area contributed by atoms with Crippen molar-refractivity contribution in [3.63, 3.8) is 0 Å². The first-order valence-electron chi connectivity index (χ1n) is 6.50. The molecule has 0 amide bonds. The Morgan fingerprint density at radius 3 is 2.90 bits per heavy atom. The Hall–Kier alpha value is -2.40. The van der Waals surface area contributed by atoms with Gasteiger partial charge in [0.05, 0.1) is 13.3 Å². The van der Waals surface area contributed by atoms with Crippen LogP contribution in [0.25, 0.3) is 10.8 Å². The zero-order chi connectivity index (χ0) is 15.1. The third-order valence-electron chi connectivity index (χ3n) is 2.92. The molecular formula is C16H17N3OS. The summed E-state index contributed by atoms with van der Waals surface area (Å²) in [6.45, 7) is 4.21. The van der Waals surface area contributed by atoms with Gasteiger partial charge in [-0.15, -0.1) is 6.58 Å². The lowest BCUT2D eigenvalue weighted by molar-refractivity contribution is 0.415. The standard InChI is InChI=1S/C16H17N3OS/c1-3-10-17-16(21)19-18-11-14-13-7-5-4-6-12(13)8-9-15(14)20-2/h3-9,11H,1,10H2,2H3,(H2,17,19,21). The molecule has 0 aliphatic rings. The maximum Gasteiger partial charge on any atom is 0.187 e. The Labute approximate surface area is 129 Å². The molecule has 0 fully saturated rings. The third kappa shape index (κ3) is 3.79. The first-order chi connectivity index (χ1) is 10.3. The van der Waals surface area contributed by atoms with Gasteiger partial charge in [0.15, 0.2) is 5.11 Å². The number of hydrazone groups is 1. The highest BCUT2D eigenvalue weighted by atomic mass is 32.1. The molecule has 0 aliphatic heterocycles. The van der Waals surface area contributed by atoms with E-state index in [1.807, 2.05) is 30.3 Å². The van der Waals surface area contributed by atoms with Crippen LogP contribution in [0.3, 0.4) is 0 Å². The van der Waals surface area contributed by atoms with Crippen LogP contribution < -0.4 is 15.5 Å². The van der Waals surface area contributed by atoms with Crippen molar-refractivity contribution in [2.75, 3.05) is 13.7 Å². The first-order valence-corrected chi connectivity index (χ1v) is 6.90. The summed E-state index contributed by atoms with van der Waals surface area (Å²) >= 11 is 5.08. The van der Waals surface area contributed by atoms with Crippen molar-refractivity contribution in [3.05, 3.63) is 54.6 Å². The molecule has 0 saturated heterocycles. The number of thiocarbonyl (C=S) groups is 1. The van der Waals surface area contributed by atoms with Gasteiger partial charge in [-0.1, -0.05) is 36.4 Å². The third-order valence-corrected chi connectivity index (χ3v) is 3.15. The normalized spacial score (nSPS) is 10.5. The average molecular weight is 299 g/mol. The molecule has 0 radical (unpaired) electrons. The Bertz CT molecular complexity index is 682. The summed E-state index contributed by atoms with van der Waals surface area (Å²) in [6, 6.07) is 12.0. The van der Waals surface area contributed by atoms with Crippen LogP contribution in [0.2, 0.25) is 0 Å². The van der Waals surface area contributed by atoms with Crippen molar-refractivity contribution in [1.82, 2.24) is 10.7 Å². The number of ether oxygens (including phenoxy) is 1. The fourth-order valence-electron chi connectivity index (χ4n) is 1.95. The van der Waals surface area contributed by atoms with Gasteiger partial charge in [-0.25, -0.2) is 0 Å². The van der Waals surface area contributed by atoms with Crippen LogP contribution in [-0.4, -0.2) is 25.0 Å². The summed E-state index contributed by atoms with van der Waals surface area (Å²) in [6.07, 6.45) is 3.44. The lowest BCUT2D eigenvalue weighted by Crippen LogP contribution is -2.31. The van der Waals surface area contributed by atoms with Crippen molar-refractivity contribution < 1.29 is 4.74 Å². The molecule has 0 unspecified atom stereocenters. The Morgan fingerprint density at radius 2 is 2.14 bits per heavy atom. The van der Waals surface area contributed by atoms with Crippen molar-refractivity contribution in [1.29, 1.82) is 0 Å². The molecule has 21 heavy (non-hydrogen) atoms. The summed E-state index contributed by atoms with van der Waals surface area (Å²) in [5.41, 5.74) is 3.68. The zero-order valence-electron chi connectivity index (χ0n) is 11.8. The van der Waals surface area contributed by atoms with E-state index in [0.717, 1.165) is 22.1 Å². The van der Waals surface area contributed by atoms with Crippen LogP contribution in [0, 0.1) is 0 Å². The fourth-order valence-corrected chi connectivity index (χ4v) is 2.08. The number of nitrogens with zero attached hydrogens (tertiary/aromatic N) is 1. The highest BCUT2D eigenvalue weighted by Crippen LogP contribution is 2.26. The molecule has 108 valence electrons. The maximum absolute atomic E-state index is 5.40. The number of fused-ring (bicyclic) bond motifs is 1. The zero-order valence-corrected chi connectivity index (χ0v) is 12.6. The van der Waals surface area contributed by atoms with E-state index in [-0.39, 0.29) is 0 Å². The molecule has 2 aromatic rings. The second kappa shape index (κ2) is 7.40. The SMILES string of the molecule is C=CCNC(=S)NN=Cc1c(OC)ccc2ccccc12. The molecule has 0 aromatic heterocycles. The van der Waals surface area contributed by atoms with E-state index in [1.54, 1.807) is 19.4 Å². The molecule has 2 rings (SSSR count). The van der Waals surface area contributed by atoms with Gasteiger partial charge in [0.25, 0.3) is 0 Å². The molecule has 5 heteroatoms. The molecule has 0 atom stereocenters. The second-order valence-electron chi connectivity index (χ2n) is 4.27. The minimum absolute atomic E-state index is 0.449. The van der Waals surface area contributed by atoms with Gasteiger partial charge in [0.1, 0.15) is 5.75 Å². The predicted octanol–water partition coefficient (Wildman–Crippen LogP) is 2.83.